The summed E-state index contributed by atoms with van der Waals surface area (Å²) in [6.45, 7) is 7.17. The van der Waals surface area contributed by atoms with E-state index in [2.05, 4.69) is 10.4 Å². The molecule has 1 N–H and O–H groups in total. The molecule has 2 rings (SSSR count). The first-order valence-corrected chi connectivity index (χ1v) is 7.46. The van der Waals surface area contributed by atoms with E-state index in [9.17, 15) is 4.79 Å². The highest BCUT2D eigenvalue weighted by atomic mass is 35.5. The number of aromatic nitrogens is 2. The highest BCUT2D eigenvalue weighted by Crippen LogP contribution is 2.23. The summed E-state index contributed by atoms with van der Waals surface area (Å²) >= 11 is 6.13. The molecule has 1 aromatic rings. The van der Waals surface area contributed by atoms with E-state index in [4.69, 9.17) is 16.3 Å². The number of hydrogen-bond acceptors (Lipinski definition) is 3. The standard InChI is InChI=1S/C14H22ClN3O2/c1-9(18-11(3)14(15)10(2)17-18)7-13(19)16-8-12-5-4-6-20-12/h9,12H,4-8H2,1-3H3,(H,16,19)/t9-,12-/m1/s1. The van der Waals surface area contributed by atoms with Crippen molar-refractivity contribution in [2.45, 2.75) is 52.2 Å². The summed E-state index contributed by atoms with van der Waals surface area (Å²) in [7, 11) is 0. The molecule has 1 amide bonds. The van der Waals surface area contributed by atoms with Gasteiger partial charge in [0.05, 0.1) is 28.6 Å². The second-order valence-corrected chi connectivity index (χ2v) is 5.80. The minimum atomic E-state index is -0.00861. The lowest BCUT2D eigenvalue weighted by molar-refractivity contribution is -0.122. The van der Waals surface area contributed by atoms with E-state index in [0.717, 1.165) is 30.8 Å². The quantitative estimate of drug-likeness (QED) is 0.908. The molecule has 0 unspecified atom stereocenters. The van der Waals surface area contributed by atoms with Crippen molar-refractivity contribution in [3.8, 4) is 0 Å². The number of carbonyl (C=O) groups excluding carboxylic acids is 1. The summed E-state index contributed by atoms with van der Waals surface area (Å²) in [6, 6.07) is -0.00861. The minimum Gasteiger partial charge on any atom is -0.376 e. The van der Waals surface area contributed by atoms with E-state index in [1.165, 1.54) is 0 Å². The third-order valence-electron chi connectivity index (χ3n) is 3.69. The van der Waals surface area contributed by atoms with E-state index in [1.807, 2.05) is 25.5 Å². The molecule has 1 fully saturated rings. The second kappa shape index (κ2) is 6.59. The highest BCUT2D eigenvalue weighted by molar-refractivity contribution is 6.31. The van der Waals surface area contributed by atoms with E-state index in [0.29, 0.717) is 18.0 Å². The van der Waals surface area contributed by atoms with Gasteiger partial charge in [-0.05, 0) is 33.6 Å². The van der Waals surface area contributed by atoms with Crippen LogP contribution in [0.1, 0.15) is 43.6 Å². The molecule has 1 aliphatic heterocycles. The Kier molecular flexibility index (Phi) is 5.05. The number of hydrogen-bond donors (Lipinski definition) is 1. The van der Waals surface area contributed by atoms with Gasteiger partial charge in [0.1, 0.15) is 0 Å². The Morgan fingerprint density at radius 1 is 1.60 bits per heavy atom. The van der Waals surface area contributed by atoms with Crippen LogP contribution in [0.25, 0.3) is 0 Å². The average molecular weight is 300 g/mol. The van der Waals surface area contributed by atoms with Gasteiger partial charge in [0, 0.05) is 19.6 Å². The first kappa shape index (κ1) is 15.3. The number of aryl methyl sites for hydroxylation is 1. The van der Waals surface area contributed by atoms with E-state index >= 15 is 0 Å². The van der Waals surface area contributed by atoms with Gasteiger partial charge in [-0.1, -0.05) is 11.6 Å². The summed E-state index contributed by atoms with van der Waals surface area (Å²) in [5, 5.41) is 7.99. The molecule has 20 heavy (non-hydrogen) atoms. The molecule has 5 nitrogen and oxygen atoms in total. The van der Waals surface area contributed by atoms with Crippen molar-refractivity contribution >= 4 is 17.5 Å². The molecule has 2 heterocycles. The van der Waals surface area contributed by atoms with E-state index in [1.54, 1.807) is 0 Å². The molecule has 1 saturated heterocycles. The van der Waals surface area contributed by atoms with Crippen molar-refractivity contribution in [2.24, 2.45) is 0 Å². The summed E-state index contributed by atoms with van der Waals surface area (Å²) in [6.07, 6.45) is 2.69. The monoisotopic (exact) mass is 299 g/mol. The van der Waals surface area contributed by atoms with Crippen molar-refractivity contribution < 1.29 is 9.53 Å². The van der Waals surface area contributed by atoms with Crippen molar-refractivity contribution in [1.29, 1.82) is 0 Å². The highest BCUT2D eigenvalue weighted by Gasteiger charge is 2.19. The molecule has 0 saturated carbocycles. The van der Waals surface area contributed by atoms with Crippen LogP contribution in [-0.4, -0.2) is 34.9 Å². The molecule has 0 aliphatic carbocycles. The maximum Gasteiger partial charge on any atom is 0.222 e. The predicted octanol–water partition coefficient (Wildman–Crippen LogP) is 2.40. The minimum absolute atomic E-state index is 0.00861. The van der Waals surface area contributed by atoms with Crippen LogP contribution in [0.2, 0.25) is 5.02 Å². The number of ether oxygens (including phenoxy) is 1. The van der Waals surface area contributed by atoms with Gasteiger partial charge in [-0.15, -0.1) is 0 Å². The van der Waals surface area contributed by atoms with Gasteiger partial charge in [-0.3, -0.25) is 9.48 Å². The number of nitrogens with one attached hydrogen (secondary N) is 1. The van der Waals surface area contributed by atoms with Crippen LogP contribution < -0.4 is 5.32 Å². The Morgan fingerprint density at radius 3 is 2.90 bits per heavy atom. The third kappa shape index (κ3) is 3.52. The lowest BCUT2D eigenvalue weighted by Gasteiger charge is -2.15. The Labute approximate surface area is 124 Å². The van der Waals surface area contributed by atoms with Gasteiger partial charge >= 0.3 is 0 Å². The van der Waals surface area contributed by atoms with Crippen LogP contribution in [0, 0.1) is 13.8 Å². The molecule has 0 aromatic carbocycles. The van der Waals surface area contributed by atoms with Crippen molar-refractivity contribution in [2.75, 3.05) is 13.2 Å². The fourth-order valence-electron chi connectivity index (χ4n) is 2.53. The Hall–Kier alpha value is -1.07. The number of rotatable bonds is 5. The van der Waals surface area contributed by atoms with Gasteiger partial charge in [0.15, 0.2) is 0 Å². The predicted molar refractivity (Wildman–Crippen MR) is 78.0 cm³/mol. The van der Waals surface area contributed by atoms with Crippen LogP contribution in [0.5, 0.6) is 0 Å². The zero-order valence-electron chi connectivity index (χ0n) is 12.3. The summed E-state index contributed by atoms with van der Waals surface area (Å²) < 4.78 is 7.30. The van der Waals surface area contributed by atoms with Gasteiger partial charge in [-0.25, -0.2) is 0 Å². The summed E-state index contributed by atoms with van der Waals surface area (Å²) in [5.41, 5.74) is 1.71. The van der Waals surface area contributed by atoms with Crippen molar-refractivity contribution in [1.82, 2.24) is 15.1 Å². The zero-order chi connectivity index (χ0) is 14.7. The number of nitrogens with zero attached hydrogens (tertiary/aromatic N) is 2. The lowest BCUT2D eigenvalue weighted by Crippen LogP contribution is -2.33. The molecular formula is C14H22ClN3O2. The molecule has 2 atom stereocenters. The lowest BCUT2D eigenvalue weighted by atomic mass is 10.2. The second-order valence-electron chi connectivity index (χ2n) is 5.42. The zero-order valence-corrected chi connectivity index (χ0v) is 13.0. The maximum atomic E-state index is 11.9. The number of amides is 1. The molecule has 0 spiro atoms. The van der Waals surface area contributed by atoms with Gasteiger partial charge in [0.2, 0.25) is 5.91 Å². The molecular weight excluding hydrogens is 278 g/mol. The average Bonchev–Trinajstić information content (AvgIpc) is 3.01. The number of halogens is 1. The maximum absolute atomic E-state index is 11.9. The first-order valence-electron chi connectivity index (χ1n) is 7.08. The fraction of sp³-hybridized carbons (Fsp3) is 0.714. The van der Waals surface area contributed by atoms with Crippen LogP contribution in [-0.2, 0) is 9.53 Å². The topological polar surface area (TPSA) is 56.2 Å². The fourth-order valence-corrected chi connectivity index (χ4v) is 2.66. The van der Waals surface area contributed by atoms with Gasteiger partial charge in [-0.2, -0.15) is 5.10 Å². The first-order chi connectivity index (χ1) is 9.49. The molecule has 112 valence electrons. The summed E-state index contributed by atoms with van der Waals surface area (Å²) in [5.74, 6) is 0.0247. The molecule has 1 aromatic heterocycles. The largest absolute Gasteiger partial charge is 0.376 e. The molecule has 0 radical (unpaired) electrons. The normalized spacial score (nSPS) is 20.1. The van der Waals surface area contributed by atoms with Crippen molar-refractivity contribution in [3.05, 3.63) is 16.4 Å². The number of carbonyl (C=O) groups is 1. The summed E-state index contributed by atoms with van der Waals surface area (Å²) in [4.78, 5) is 11.9. The van der Waals surface area contributed by atoms with E-state index < -0.39 is 0 Å². The SMILES string of the molecule is Cc1nn([C@H](C)CC(=O)NC[C@H]2CCCO2)c(C)c1Cl. The van der Waals surface area contributed by atoms with E-state index in [-0.39, 0.29) is 18.1 Å². The Bertz CT molecular complexity index is 481. The van der Waals surface area contributed by atoms with Crippen LogP contribution >= 0.6 is 11.6 Å². The van der Waals surface area contributed by atoms with Crippen LogP contribution in [0.3, 0.4) is 0 Å². The molecule has 6 heteroatoms. The van der Waals surface area contributed by atoms with Crippen LogP contribution in [0.15, 0.2) is 0 Å². The van der Waals surface area contributed by atoms with Crippen molar-refractivity contribution in [3.63, 3.8) is 0 Å². The molecule has 0 bridgehead atoms. The Balaban J connectivity index is 1.85. The smallest absolute Gasteiger partial charge is 0.222 e. The Morgan fingerprint density at radius 2 is 2.35 bits per heavy atom. The van der Waals surface area contributed by atoms with Gasteiger partial charge in [0.25, 0.3) is 0 Å². The third-order valence-corrected chi connectivity index (χ3v) is 4.23. The molecule has 1 aliphatic rings. The van der Waals surface area contributed by atoms with Crippen LogP contribution in [0.4, 0.5) is 0 Å². The van der Waals surface area contributed by atoms with Gasteiger partial charge < -0.3 is 10.1 Å².